The van der Waals surface area contributed by atoms with Crippen molar-refractivity contribution in [3.05, 3.63) is 53.5 Å². The van der Waals surface area contributed by atoms with Crippen molar-refractivity contribution in [2.75, 3.05) is 46.5 Å². The third-order valence-electron chi connectivity index (χ3n) is 6.92. The number of amides is 1. The minimum atomic E-state index is -0.324. The second-order valence-electron chi connectivity index (χ2n) is 9.94. The number of hydrogen-bond acceptors (Lipinski definition) is 7. The molecule has 0 bridgehead atoms. The topological polar surface area (TPSA) is 88.0 Å². The summed E-state index contributed by atoms with van der Waals surface area (Å²) >= 11 is 0. The Hall–Kier alpha value is -2.99. The molecule has 0 radical (unpaired) electrons. The summed E-state index contributed by atoms with van der Waals surface area (Å²) in [6.07, 6.45) is 5.32. The highest BCUT2D eigenvalue weighted by molar-refractivity contribution is 5.97. The zero-order valence-corrected chi connectivity index (χ0v) is 21.4. The maximum Gasteiger partial charge on any atom is 0.259 e. The highest BCUT2D eigenvalue weighted by atomic mass is 16.5. The van der Waals surface area contributed by atoms with Crippen molar-refractivity contribution in [3.63, 3.8) is 0 Å². The van der Waals surface area contributed by atoms with Gasteiger partial charge in [-0.15, -0.1) is 0 Å². The average Bonchev–Trinajstić information content (AvgIpc) is 2.90. The smallest absolute Gasteiger partial charge is 0.259 e. The number of carbonyl (C=O) groups excluding carboxylic acids is 1. The maximum absolute atomic E-state index is 13.6. The number of aliphatic hydroxyl groups is 1. The zero-order valence-electron chi connectivity index (χ0n) is 21.4. The summed E-state index contributed by atoms with van der Waals surface area (Å²) in [5, 5.41) is 9.87. The van der Waals surface area contributed by atoms with Crippen LogP contribution in [0.4, 0.5) is 0 Å². The summed E-state index contributed by atoms with van der Waals surface area (Å²) in [6, 6.07) is 6.95. The van der Waals surface area contributed by atoms with E-state index in [1.54, 1.807) is 23.4 Å². The van der Waals surface area contributed by atoms with Gasteiger partial charge in [-0.2, -0.15) is 0 Å². The Kier molecular flexibility index (Phi) is 8.92. The van der Waals surface area contributed by atoms with Gasteiger partial charge in [-0.05, 0) is 56.9 Å². The SMILES string of the molecule is C[C@@H]1CN([C@H](C)CO)C(=O)c2cc(C#Cc3ccccn3)cnc2O[C@H]1CN(C)CC1CCOCC1. The first-order valence-electron chi connectivity index (χ1n) is 12.7. The molecule has 1 fully saturated rings. The van der Waals surface area contributed by atoms with Gasteiger partial charge in [0.05, 0.1) is 12.6 Å². The molecule has 4 heterocycles. The molecule has 8 heteroatoms. The summed E-state index contributed by atoms with van der Waals surface area (Å²) in [5.41, 5.74) is 1.62. The molecular formula is C28H36N4O4. The Morgan fingerprint density at radius 2 is 2.03 bits per heavy atom. The summed E-state index contributed by atoms with van der Waals surface area (Å²) in [7, 11) is 2.12. The monoisotopic (exact) mass is 492 g/mol. The average molecular weight is 493 g/mol. The van der Waals surface area contributed by atoms with Crippen LogP contribution >= 0.6 is 0 Å². The highest BCUT2D eigenvalue weighted by Gasteiger charge is 2.34. The molecule has 0 saturated carbocycles. The standard InChI is InChI=1S/C28H36N4O4/c1-20-16-32(21(2)19-33)28(34)25-14-23(7-8-24-6-4-5-11-29-24)15-30-27(25)36-26(20)18-31(3)17-22-9-12-35-13-10-22/h4-6,11,14-15,20-22,26,33H,9-10,12-13,16-19H2,1-3H3/t20-,21-,26+/m1/s1. The van der Waals surface area contributed by atoms with E-state index in [0.717, 1.165) is 39.1 Å². The fourth-order valence-electron chi connectivity index (χ4n) is 4.71. The van der Waals surface area contributed by atoms with Gasteiger partial charge in [0.2, 0.25) is 5.88 Å². The summed E-state index contributed by atoms with van der Waals surface area (Å²) in [5.74, 6) is 6.85. The van der Waals surface area contributed by atoms with E-state index in [2.05, 4.69) is 40.7 Å². The number of aromatic nitrogens is 2. The fourth-order valence-corrected chi connectivity index (χ4v) is 4.71. The number of likely N-dealkylation sites (N-methyl/N-ethyl adjacent to an activating group) is 1. The van der Waals surface area contributed by atoms with Gasteiger partial charge in [-0.1, -0.05) is 18.9 Å². The van der Waals surface area contributed by atoms with E-state index in [9.17, 15) is 9.90 Å². The zero-order chi connectivity index (χ0) is 25.5. The molecule has 2 aromatic rings. The molecule has 1 amide bonds. The van der Waals surface area contributed by atoms with Crippen LogP contribution in [-0.4, -0.2) is 89.4 Å². The van der Waals surface area contributed by atoms with Gasteiger partial charge in [0, 0.05) is 56.7 Å². The Morgan fingerprint density at radius 1 is 1.22 bits per heavy atom. The third kappa shape index (κ3) is 6.61. The molecule has 3 atom stereocenters. The van der Waals surface area contributed by atoms with Crippen molar-refractivity contribution >= 4 is 5.91 Å². The summed E-state index contributed by atoms with van der Waals surface area (Å²) in [4.78, 5) is 26.4. The molecule has 192 valence electrons. The van der Waals surface area contributed by atoms with Gasteiger partial charge in [0.25, 0.3) is 5.91 Å². The Balaban J connectivity index is 1.59. The van der Waals surface area contributed by atoms with Crippen LogP contribution in [0.2, 0.25) is 0 Å². The van der Waals surface area contributed by atoms with Crippen LogP contribution in [0.5, 0.6) is 5.88 Å². The van der Waals surface area contributed by atoms with Crippen molar-refractivity contribution in [1.29, 1.82) is 0 Å². The van der Waals surface area contributed by atoms with Gasteiger partial charge in [0.15, 0.2) is 0 Å². The van der Waals surface area contributed by atoms with Crippen LogP contribution in [0.1, 0.15) is 48.3 Å². The molecule has 0 spiro atoms. The number of pyridine rings is 2. The van der Waals surface area contributed by atoms with Gasteiger partial charge < -0.3 is 24.4 Å². The normalized spacial score (nSPS) is 21.6. The van der Waals surface area contributed by atoms with Crippen LogP contribution in [-0.2, 0) is 4.74 Å². The predicted molar refractivity (Wildman–Crippen MR) is 137 cm³/mol. The largest absolute Gasteiger partial charge is 0.472 e. The van der Waals surface area contributed by atoms with Crippen LogP contribution in [0.3, 0.4) is 0 Å². The Labute approximate surface area is 213 Å². The van der Waals surface area contributed by atoms with Crippen molar-refractivity contribution in [3.8, 4) is 17.7 Å². The van der Waals surface area contributed by atoms with E-state index >= 15 is 0 Å². The van der Waals surface area contributed by atoms with E-state index in [4.69, 9.17) is 9.47 Å². The van der Waals surface area contributed by atoms with Crippen LogP contribution in [0.25, 0.3) is 0 Å². The van der Waals surface area contributed by atoms with E-state index in [-0.39, 0.29) is 30.6 Å². The van der Waals surface area contributed by atoms with Crippen molar-refractivity contribution < 1.29 is 19.4 Å². The third-order valence-corrected chi connectivity index (χ3v) is 6.92. The Bertz CT molecular complexity index is 1080. The van der Waals surface area contributed by atoms with Gasteiger partial charge in [-0.25, -0.2) is 9.97 Å². The first-order chi connectivity index (χ1) is 17.4. The van der Waals surface area contributed by atoms with Crippen molar-refractivity contribution in [2.24, 2.45) is 11.8 Å². The van der Waals surface area contributed by atoms with E-state index < -0.39 is 0 Å². The maximum atomic E-state index is 13.6. The lowest BCUT2D eigenvalue weighted by Gasteiger charge is -2.38. The number of rotatable bonds is 6. The van der Waals surface area contributed by atoms with Gasteiger partial charge in [-0.3, -0.25) is 4.79 Å². The quantitative estimate of drug-likeness (QED) is 0.620. The number of aliphatic hydroxyl groups excluding tert-OH is 1. The lowest BCUT2D eigenvalue weighted by Crippen LogP contribution is -2.50. The number of carbonyl (C=O) groups is 1. The summed E-state index contributed by atoms with van der Waals surface area (Å²) in [6.45, 7) is 7.67. The molecule has 2 aromatic heterocycles. The lowest BCUT2D eigenvalue weighted by atomic mass is 9.97. The molecule has 0 aromatic carbocycles. The molecular weight excluding hydrogens is 456 g/mol. The van der Waals surface area contributed by atoms with E-state index in [0.29, 0.717) is 35.2 Å². The molecule has 4 rings (SSSR count). The molecule has 0 aliphatic carbocycles. The number of fused-ring (bicyclic) bond motifs is 1. The van der Waals surface area contributed by atoms with E-state index in [1.807, 2.05) is 25.1 Å². The first kappa shape index (κ1) is 26.1. The molecule has 2 aliphatic heterocycles. The van der Waals surface area contributed by atoms with E-state index in [1.165, 1.54) is 0 Å². The minimum Gasteiger partial charge on any atom is -0.472 e. The van der Waals surface area contributed by atoms with Crippen LogP contribution < -0.4 is 4.74 Å². The molecule has 1 N–H and O–H groups in total. The fraction of sp³-hybridized carbons (Fsp3) is 0.536. The number of hydrogen-bond donors (Lipinski definition) is 1. The second kappa shape index (κ2) is 12.3. The molecule has 8 nitrogen and oxygen atoms in total. The van der Waals surface area contributed by atoms with Crippen LogP contribution in [0.15, 0.2) is 36.7 Å². The van der Waals surface area contributed by atoms with Crippen molar-refractivity contribution in [1.82, 2.24) is 19.8 Å². The summed E-state index contributed by atoms with van der Waals surface area (Å²) < 4.78 is 11.9. The highest BCUT2D eigenvalue weighted by Crippen LogP contribution is 2.27. The number of nitrogens with zero attached hydrogens (tertiary/aromatic N) is 4. The molecule has 2 aliphatic rings. The van der Waals surface area contributed by atoms with Gasteiger partial charge >= 0.3 is 0 Å². The van der Waals surface area contributed by atoms with Crippen LogP contribution in [0, 0.1) is 23.7 Å². The minimum absolute atomic E-state index is 0.0543. The number of ether oxygens (including phenoxy) is 2. The molecule has 36 heavy (non-hydrogen) atoms. The second-order valence-corrected chi connectivity index (χ2v) is 9.94. The predicted octanol–water partition coefficient (Wildman–Crippen LogP) is 2.45. The lowest BCUT2D eigenvalue weighted by molar-refractivity contribution is 0.0254. The Morgan fingerprint density at radius 3 is 2.75 bits per heavy atom. The molecule has 0 unspecified atom stereocenters. The van der Waals surface area contributed by atoms with Gasteiger partial charge in [0.1, 0.15) is 17.4 Å². The van der Waals surface area contributed by atoms with Crippen molar-refractivity contribution in [2.45, 2.75) is 38.8 Å². The first-order valence-corrected chi connectivity index (χ1v) is 12.7. The molecule has 1 saturated heterocycles.